The molecule has 0 N–H and O–H groups in total. The standard InChI is InChI=1S/C18H21N3O2/c1-2-15(12-6-4-3-5-7-12)18(22)21-10-14(11-21)17-19-16(20-23-17)13-8-9-13/h3-7,13-15H,2,8-11H2,1H3. The van der Waals surface area contributed by atoms with Crippen molar-refractivity contribution < 1.29 is 9.32 Å². The van der Waals surface area contributed by atoms with Crippen molar-refractivity contribution in [3.05, 3.63) is 47.6 Å². The van der Waals surface area contributed by atoms with Gasteiger partial charge in [0.1, 0.15) is 0 Å². The van der Waals surface area contributed by atoms with Gasteiger partial charge in [0.2, 0.25) is 11.8 Å². The third-order valence-corrected chi connectivity index (χ3v) is 4.85. The smallest absolute Gasteiger partial charge is 0.233 e. The van der Waals surface area contributed by atoms with Gasteiger partial charge in [-0.15, -0.1) is 0 Å². The summed E-state index contributed by atoms with van der Waals surface area (Å²) in [4.78, 5) is 19.1. The van der Waals surface area contributed by atoms with Crippen LogP contribution in [-0.4, -0.2) is 34.0 Å². The van der Waals surface area contributed by atoms with Crippen LogP contribution in [0.25, 0.3) is 0 Å². The SMILES string of the molecule is CCC(C(=O)N1CC(c2nc(C3CC3)no2)C1)c1ccccc1. The Balaban J connectivity index is 1.39. The molecule has 1 saturated heterocycles. The second kappa shape index (κ2) is 5.80. The number of benzene rings is 1. The van der Waals surface area contributed by atoms with Gasteiger partial charge in [-0.05, 0) is 24.8 Å². The van der Waals surface area contributed by atoms with E-state index in [1.165, 1.54) is 12.8 Å². The fourth-order valence-corrected chi connectivity index (χ4v) is 3.19. The molecule has 5 heteroatoms. The largest absolute Gasteiger partial charge is 0.340 e. The lowest BCUT2D eigenvalue weighted by Gasteiger charge is -2.39. The molecule has 1 saturated carbocycles. The van der Waals surface area contributed by atoms with E-state index in [0.717, 1.165) is 17.8 Å². The van der Waals surface area contributed by atoms with Gasteiger partial charge in [0.05, 0.1) is 11.8 Å². The Kier molecular flexibility index (Phi) is 3.63. The summed E-state index contributed by atoms with van der Waals surface area (Å²) in [6, 6.07) is 10.0. The maximum absolute atomic E-state index is 12.7. The van der Waals surface area contributed by atoms with E-state index < -0.39 is 0 Å². The van der Waals surface area contributed by atoms with Crippen molar-refractivity contribution in [2.24, 2.45) is 0 Å². The Morgan fingerprint density at radius 3 is 2.65 bits per heavy atom. The van der Waals surface area contributed by atoms with E-state index in [1.54, 1.807) is 0 Å². The minimum absolute atomic E-state index is 0.0538. The zero-order valence-electron chi connectivity index (χ0n) is 13.3. The minimum Gasteiger partial charge on any atom is -0.340 e. The van der Waals surface area contributed by atoms with E-state index in [0.29, 0.717) is 24.9 Å². The first-order valence-corrected chi connectivity index (χ1v) is 8.43. The van der Waals surface area contributed by atoms with Crippen molar-refractivity contribution in [3.63, 3.8) is 0 Å². The summed E-state index contributed by atoms with van der Waals surface area (Å²) >= 11 is 0. The molecule has 0 bridgehead atoms. The fourth-order valence-electron chi connectivity index (χ4n) is 3.19. The van der Waals surface area contributed by atoms with Crippen molar-refractivity contribution >= 4 is 5.91 Å². The van der Waals surface area contributed by atoms with Crippen molar-refractivity contribution in [2.75, 3.05) is 13.1 Å². The third kappa shape index (κ3) is 2.76. The lowest BCUT2D eigenvalue weighted by molar-refractivity contribution is -0.137. The van der Waals surface area contributed by atoms with Gasteiger partial charge in [-0.25, -0.2) is 0 Å². The van der Waals surface area contributed by atoms with Crippen LogP contribution in [-0.2, 0) is 4.79 Å². The molecule has 2 heterocycles. The van der Waals surface area contributed by atoms with E-state index in [9.17, 15) is 4.79 Å². The maximum Gasteiger partial charge on any atom is 0.233 e. The van der Waals surface area contributed by atoms with Crippen LogP contribution in [0.5, 0.6) is 0 Å². The predicted octanol–water partition coefficient (Wildman–Crippen LogP) is 3.07. The number of likely N-dealkylation sites (tertiary alicyclic amines) is 1. The molecule has 0 spiro atoms. The van der Waals surface area contributed by atoms with E-state index in [1.807, 2.05) is 35.2 Å². The number of hydrogen-bond acceptors (Lipinski definition) is 4. The Labute approximate surface area is 135 Å². The van der Waals surface area contributed by atoms with Gasteiger partial charge in [-0.1, -0.05) is 42.4 Å². The predicted molar refractivity (Wildman–Crippen MR) is 85.1 cm³/mol. The topological polar surface area (TPSA) is 59.2 Å². The zero-order chi connectivity index (χ0) is 15.8. The zero-order valence-corrected chi connectivity index (χ0v) is 13.3. The number of carbonyl (C=O) groups is 1. The normalized spacial score (nSPS) is 19.4. The molecule has 5 nitrogen and oxygen atoms in total. The summed E-state index contributed by atoms with van der Waals surface area (Å²) in [5.74, 6) is 2.41. The van der Waals surface area contributed by atoms with Gasteiger partial charge < -0.3 is 9.42 Å². The van der Waals surface area contributed by atoms with Crippen LogP contribution in [0.1, 0.15) is 61.2 Å². The van der Waals surface area contributed by atoms with Crippen LogP contribution in [0.3, 0.4) is 0 Å². The summed E-state index contributed by atoms with van der Waals surface area (Å²) in [6.07, 6.45) is 3.16. The molecule has 1 atom stereocenters. The van der Waals surface area contributed by atoms with Crippen molar-refractivity contribution in [2.45, 2.75) is 43.9 Å². The molecule has 1 aromatic heterocycles. The molecular formula is C18H21N3O2. The van der Waals surface area contributed by atoms with Gasteiger partial charge >= 0.3 is 0 Å². The fraction of sp³-hybridized carbons (Fsp3) is 0.500. The van der Waals surface area contributed by atoms with Gasteiger partial charge in [0, 0.05) is 19.0 Å². The highest BCUT2D eigenvalue weighted by Gasteiger charge is 2.39. The Morgan fingerprint density at radius 1 is 1.26 bits per heavy atom. The Hall–Kier alpha value is -2.17. The number of carbonyl (C=O) groups excluding carboxylic acids is 1. The van der Waals surface area contributed by atoms with Crippen LogP contribution >= 0.6 is 0 Å². The van der Waals surface area contributed by atoms with E-state index in [4.69, 9.17) is 4.52 Å². The third-order valence-electron chi connectivity index (χ3n) is 4.85. The molecule has 23 heavy (non-hydrogen) atoms. The van der Waals surface area contributed by atoms with E-state index in [-0.39, 0.29) is 17.7 Å². The van der Waals surface area contributed by atoms with Crippen LogP contribution < -0.4 is 0 Å². The highest BCUT2D eigenvalue weighted by molar-refractivity contribution is 5.84. The highest BCUT2D eigenvalue weighted by atomic mass is 16.5. The summed E-state index contributed by atoms with van der Waals surface area (Å²) in [5.41, 5.74) is 1.09. The molecule has 120 valence electrons. The monoisotopic (exact) mass is 311 g/mol. The molecular weight excluding hydrogens is 290 g/mol. The molecule has 1 aliphatic heterocycles. The van der Waals surface area contributed by atoms with Crippen LogP contribution in [0.15, 0.2) is 34.9 Å². The maximum atomic E-state index is 12.7. The molecule has 2 aromatic rings. The van der Waals surface area contributed by atoms with E-state index in [2.05, 4.69) is 17.1 Å². The molecule has 4 rings (SSSR count). The first-order chi connectivity index (χ1) is 11.3. The Bertz CT molecular complexity index is 687. The molecule has 1 aromatic carbocycles. The average Bonchev–Trinajstić information content (AvgIpc) is 3.27. The van der Waals surface area contributed by atoms with Crippen LogP contribution in [0.4, 0.5) is 0 Å². The second-order valence-electron chi connectivity index (χ2n) is 6.58. The van der Waals surface area contributed by atoms with Crippen molar-refractivity contribution in [1.29, 1.82) is 0 Å². The molecule has 1 aliphatic carbocycles. The second-order valence-corrected chi connectivity index (χ2v) is 6.58. The number of amides is 1. The van der Waals surface area contributed by atoms with Gasteiger partial charge in [-0.3, -0.25) is 4.79 Å². The number of nitrogens with zero attached hydrogens (tertiary/aromatic N) is 3. The minimum atomic E-state index is -0.0538. The van der Waals surface area contributed by atoms with Crippen LogP contribution in [0.2, 0.25) is 0 Å². The van der Waals surface area contributed by atoms with Gasteiger partial charge in [0.25, 0.3) is 0 Å². The summed E-state index contributed by atoms with van der Waals surface area (Å²) < 4.78 is 5.37. The average molecular weight is 311 g/mol. The first-order valence-electron chi connectivity index (χ1n) is 8.43. The first kappa shape index (κ1) is 14.4. The Morgan fingerprint density at radius 2 is 2.00 bits per heavy atom. The molecule has 2 aliphatic rings. The summed E-state index contributed by atoms with van der Waals surface area (Å²) in [7, 11) is 0. The lowest BCUT2D eigenvalue weighted by atomic mass is 9.91. The van der Waals surface area contributed by atoms with Crippen molar-refractivity contribution in [1.82, 2.24) is 15.0 Å². The molecule has 2 fully saturated rings. The number of rotatable bonds is 5. The van der Waals surface area contributed by atoms with Gasteiger partial charge in [-0.2, -0.15) is 4.98 Å². The number of hydrogen-bond donors (Lipinski definition) is 0. The lowest BCUT2D eigenvalue weighted by Crippen LogP contribution is -2.50. The molecule has 1 unspecified atom stereocenters. The highest BCUT2D eigenvalue weighted by Crippen LogP contribution is 2.39. The number of aromatic nitrogens is 2. The van der Waals surface area contributed by atoms with Crippen LogP contribution in [0, 0.1) is 0 Å². The van der Waals surface area contributed by atoms with Gasteiger partial charge in [0.15, 0.2) is 5.82 Å². The van der Waals surface area contributed by atoms with Crippen molar-refractivity contribution in [3.8, 4) is 0 Å². The summed E-state index contributed by atoms with van der Waals surface area (Å²) in [5, 5.41) is 4.06. The summed E-state index contributed by atoms with van der Waals surface area (Å²) in [6.45, 7) is 3.44. The van der Waals surface area contributed by atoms with E-state index >= 15 is 0 Å². The quantitative estimate of drug-likeness (QED) is 0.851. The molecule has 1 amide bonds. The molecule has 0 radical (unpaired) electrons.